The van der Waals surface area contributed by atoms with E-state index in [9.17, 15) is 18.8 Å². The highest BCUT2D eigenvalue weighted by Crippen LogP contribution is 2.27. The van der Waals surface area contributed by atoms with E-state index in [-0.39, 0.29) is 37.8 Å². The van der Waals surface area contributed by atoms with Crippen LogP contribution in [0, 0.1) is 5.82 Å². The van der Waals surface area contributed by atoms with Gasteiger partial charge >= 0.3 is 6.09 Å². The second kappa shape index (κ2) is 6.10. The number of amides is 3. The van der Waals surface area contributed by atoms with E-state index in [4.69, 9.17) is 10.5 Å². The van der Waals surface area contributed by atoms with Crippen molar-refractivity contribution in [3.05, 3.63) is 35.1 Å². The number of primary amides is 1. The summed E-state index contributed by atoms with van der Waals surface area (Å²) in [6.07, 6.45) is -1.02. The first-order valence-electron chi connectivity index (χ1n) is 7.65. The zero-order chi connectivity index (χ0) is 17.4. The molecular formula is C16H18FN3O4. The van der Waals surface area contributed by atoms with Gasteiger partial charge < -0.3 is 15.4 Å². The fourth-order valence-electron chi connectivity index (χ4n) is 3.23. The van der Waals surface area contributed by atoms with E-state index in [0.29, 0.717) is 5.56 Å². The van der Waals surface area contributed by atoms with Crippen molar-refractivity contribution in [3.8, 4) is 0 Å². The molecule has 3 rings (SSSR count). The Hall–Kier alpha value is -2.64. The average molecular weight is 335 g/mol. The minimum atomic E-state index is -0.770. The lowest BCUT2D eigenvalue weighted by atomic mass is 10.1. The van der Waals surface area contributed by atoms with Gasteiger partial charge in [0.15, 0.2) is 0 Å². The number of carbonyl (C=O) groups is 3. The van der Waals surface area contributed by atoms with Crippen LogP contribution >= 0.6 is 0 Å². The summed E-state index contributed by atoms with van der Waals surface area (Å²) in [5, 5.41) is 0. The highest BCUT2D eigenvalue weighted by molar-refractivity contribution is 5.86. The standard InChI is InChI=1S/C16H18FN3O4/c1-9(21)20-7-11(5-14(20)15(18)22)24-16(23)19-6-10-3-2-4-13(17)12(10)8-19/h2-4,11,14H,5-8H2,1H3,(H2,18,22)/t11-,14+/m1/s1. The lowest BCUT2D eigenvalue weighted by Gasteiger charge is -2.20. The maximum atomic E-state index is 13.7. The normalized spacial score (nSPS) is 22.4. The average Bonchev–Trinajstić information content (AvgIpc) is 3.12. The molecule has 1 fully saturated rings. The number of ether oxygens (including phenoxy) is 1. The number of fused-ring (bicyclic) bond motifs is 1. The van der Waals surface area contributed by atoms with Crippen molar-refractivity contribution in [3.63, 3.8) is 0 Å². The Morgan fingerprint density at radius 2 is 2.04 bits per heavy atom. The molecule has 0 aliphatic carbocycles. The van der Waals surface area contributed by atoms with Crippen molar-refractivity contribution in [2.24, 2.45) is 5.73 Å². The lowest BCUT2D eigenvalue weighted by molar-refractivity contribution is -0.135. The second-order valence-corrected chi connectivity index (χ2v) is 6.06. The zero-order valence-electron chi connectivity index (χ0n) is 13.2. The maximum Gasteiger partial charge on any atom is 0.410 e. The molecule has 2 aliphatic heterocycles. The molecule has 8 heteroatoms. The number of nitrogens with two attached hydrogens (primary N) is 1. The van der Waals surface area contributed by atoms with Gasteiger partial charge in [-0.25, -0.2) is 9.18 Å². The van der Waals surface area contributed by atoms with Gasteiger partial charge in [0.1, 0.15) is 18.0 Å². The molecule has 0 radical (unpaired) electrons. The first kappa shape index (κ1) is 16.2. The lowest BCUT2D eigenvalue weighted by Crippen LogP contribution is -2.42. The van der Waals surface area contributed by atoms with Gasteiger partial charge in [-0.2, -0.15) is 0 Å². The molecule has 2 N–H and O–H groups in total. The Balaban J connectivity index is 1.64. The number of hydrogen-bond donors (Lipinski definition) is 1. The molecule has 2 atom stereocenters. The van der Waals surface area contributed by atoms with Crippen LogP contribution in [0.3, 0.4) is 0 Å². The Kier molecular flexibility index (Phi) is 4.13. The van der Waals surface area contributed by atoms with Crippen molar-refractivity contribution >= 4 is 17.9 Å². The molecule has 128 valence electrons. The van der Waals surface area contributed by atoms with Crippen LogP contribution < -0.4 is 5.73 Å². The van der Waals surface area contributed by atoms with Gasteiger partial charge in [0.2, 0.25) is 11.8 Å². The van der Waals surface area contributed by atoms with Crippen molar-refractivity contribution in [2.45, 2.75) is 38.6 Å². The largest absolute Gasteiger partial charge is 0.444 e. The van der Waals surface area contributed by atoms with E-state index in [1.807, 2.05) is 0 Å². The topological polar surface area (TPSA) is 92.9 Å². The van der Waals surface area contributed by atoms with Gasteiger partial charge in [-0.1, -0.05) is 12.1 Å². The molecule has 0 saturated carbocycles. The van der Waals surface area contributed by atoms with Crippen molar-refractivity contribution in [1.82, 2.24) is 9.80 Å². The van der Waals surface area contributed by atoms with Gasteiger partial charge in [0, 0.05) is 25.5 Å². The van der Waals surface area contributed by atoms with E-state index >= 15 is 0 Å². The molecule has 1 saturated heterocycles. The molecular weight excluding hydrogens is 317 g/mol. The van der Waals surface area contributed by atoms with E-state index in [1.54, 1.807) is 12.1 Å². The fourth-order valence-corrected chi connectivity index (χ4v) is 3.23. The monoisotopic (exact) mass is 335 g/mol. The number of benzene rings is 1. The molecule has 3 amide bonds. The predicted molar refractivity (Wildman–Crippen MR) is 80.9 cm³/mol. The molecule has 0 spiro atoms. The highest BCUT2D eigenvalue weighted by atomic mass is 19.1. The summed E-state index contributed by atoms with van der Waals surface area (Å²) in [4.78, 5) is 38.0. The minimum Gasteiger partial charge on any atom is -0.444 e. The molecule has 0 bridgehead atoms. The third-order valence-electron chi connectivity index (χ3n) is 4.45. The molecule has 2 heterocycles. The number of hydrogen-bond acceptors (Lipinski definition) is 4. The van der Waals surface area contributed by atoms with Gasteiger partial charge in [0.25, 0.3) is 0 Å². The Morgan fingerprint density at radius 1 is 1.29 bits per heavy atom. The van der Waals surface area contributed by atoms with Gasteiger partial charge in [0.05, 0.1) is 13.1 Å². The maximum absolute atomic E-state index is 13.7. The number of likely N-dealkylation sites (tertiary alicyclic amines) is 1. The molecule has 2 aliphatic rings. The van der Waals surface area contributed by atoms with Gasteiger partial charge in [-0.15, -0.1) is 0 Å². The van der Waals surface area contributed by atoms with Crippen molar-refractivity contribution in [1.29, 1.82) is 0 Å². The Labute approximate surface area is 138 Å². The molecule has 1 aromatic carbocycles. The number of halogens is 1. The molecule has 1 aromatic rings. The molecule has 0 unspecified atom stereocenters. The van der Waals surface area contributed by atoms with Crippen LogP contribution in [-0.4, -0.2) is 46.4 Å². The fraction of sp³-hybridized carbons (Fsp3) is 0.438. The third-order valence-corrected chi connectivity index (χ3v) is 4.45. The molecule has 0 aromatic heterocycles. The van der Waals surface area contributed by atoms with E-state index in [2.05, 4.69) is 0 Å². The van der Waals surface area contributed by atoms with Crippen molar-refractivity contribution in [2.75, 3.05) is 6.54 Å². The first-order chi connectivity index (χ1) is 11.4. The highest BCUT2D eigenvalue weighted by Gasteiger charge is 2.40. The van der Waals surface area contributed by atoms with Crippen LogP contribution in [0.1, 0.15) is 24.5 Å². The third kappa shape index (κ3) is 2.91. The van der Waals surface area contributed by atoms with Crippen LogP contribution in [0.5, 0.6) is 0 Å². The van der Waals surface area contributed by atoms with Crippen LogP contribution in [0.4, 0.5) is 9.18 Å². The van der Waals surface area contributed by atoms with Crippen molar-refractivity contribution < 1.29 is 23.5 Å². The minimum absolute atomic E-state index is 0.129. The van der Waals surface area contributed by atoms with Gasteiger partial charge in [-0.3, -0.25) is 14.5 Å². The Morgan fingerprint density at radius 3 is 2.62 bits per heavy atom. The summed E-state index contributed by atoms with van der Waals surface area (Å²) in [5.41, 5.74) is 6.53. The number of nitrogens with zero attached hydrogens (tertiary/aromatic N) is 2. The van der Waals surface area contributed by atoms with E-state index in [1.165, 1.54) is 22.8 Å². The summed E-state index contributed by atoms with van der Waals surface area (Å²) < 4.78 is 19.1. The summed E-state index contributed by atoms with van der Waals surface area (Å²) in [7, 11) is 0. The summed E-state index contributed by atoms with van der Waals surface area (Å²) in [5.74, 6) is -1.27. The van der Waals surface area contributed by atoms with Crippen LogP contribution in [-0.2, 0) is 27.4 Å². The number of rotatable bonds is 2. The second-order valence-electron chi connectivity index (χ2n) is 6.06. The zero-order valence-corrected chi connectivity index (χ0v) is 13.2. The summed E-state index contributed by atoms with van der Waals surface area (Å²) in [6.45, 7) is 1.88. The smallest absolute Gasteiger partial charge is 0.410 e. The van der Waals surface area contributed by atoms with E-state index in [0.717, 1.165) is 5.56 Å². The van der Waals surface area contributed by atoms with Crippen LogP contribution in [0.15, 0.2) is 18.2 Å². The predicted octanol–water partition coefficient (Wildman–Crippen LogP) is 0.753. The first-order valence-corrected chi connectivity index (χ1v) is 7.65. The molecule has 7 nitrogen and oxygen atoms in total. The summed E-state index contributed by atoms with van der Waals surface area (Å²) >= 11 is 0. The van der Waals surface area contributed by atoms with Crippen LogP contribution in [0.25, 0.3) is 0 Å². The quantitative estimate of drug-likeness (QED) is 0.863. The summed E-state index contributed by atoms with van der Waals surface area (Å²) in [6, 6.07) is 3.95. The SMILES string of the molecule is CC(=O)N1C[C@H](OC(=O)N2Cc3cccc(F)c3C2)C[C@H]1C(N)=O. The Bertz CT molecular complexity index is 687. The number of carbonyl (C=O) groups excluding carboxylic acids is 3. The van der Waals surface area contributed by atoms with Crippen LogP contribution in [0.2, 0.25) is 0 Å². The molecule has 24 heavy (non-hydrogen) atoms. The van der Waals surface area contributed by atoms with Gasteiger partial charge in [-0.05, 0) is 11.6 Å². The van der Waals surface area contributed by atoms with E-state index < -0.39 is 24.1 Å².